The molecule has 0 saturated heterocycles. The van der Waals surface area contributed by atoms with E-state index in [1.807, 2.05) is 12.1 Å². The predicted molar refractivity (Wildman–Crippen MR) is 123 cm³/mol. The smallest absolute Gasteiger partial charge is 0.229 e. The zero-order valence-electron chi connectivity index (χ0n) is 18.1. The third-order valence-electron chi connectivity index (χ3n) is 5.26. The number of hydrogen-bond donors (Lipinski definition) is 1. The average Bonchev–Trinajstić information content (AvgIpc) is 3.29. The minimum absolute atomic E-state index is 0.0207. The first-order valence-corrected chi connectivity index (χ1v) is 11.5. The number of methoxy groups -OCH3 is 2. The van der Waals surface area contributed by atoms with Crippen molar-refractivity contribution in [3.05, 3.63) is 72.5 Å². The highest BCUT2D eigenvalue weighted by atomic mass is 32.2. The molecule has 5 aromatic rings. The first-order valence-electron chi connectivity index (χ1n) is 10.1. The second-order valence-corrected chi connectivity index (χ2v) is 9.12. The van der Waals surface area contributed by atoms with Gasteiger partial charge in [-0.25, -0.2) is 17.8 Å². The number of rotatable bonds is 6. The van der Waals surface area contributed by atoms with Crippen LogP contribution in [0.25, 0.3) is 16.6 Å². The minimum Gasteiger partial charge on any atom is -0.497 e. The fraction of sp³-hybridized carbons (Fsp3) is 0.0870. The van der Waals surface area contributed by atoms with Crippen molar-refractivity contribution in [1.29, 1.82) is 0 Å². The minimum atomic E-state index is -4.12. The van der Waals surface area contributed by atoms with Gasteiger partial charge in [0.15, 0.2) is 5.65 Å². The maximum Gasteiger partial charge on any atom is 0.229 e. The van der Waals surface area contributed by atoms with Crippen molar-refractivity contribution >= 4 is 37.9 Å². The average molecular weight is 479 g/mol. The summed E-state index contributed by atoms with van der Waals surface area (Å²) < 4.78 is 52.0. The Hall–Kier alpha value is -4.25. The molecule has 9 nitrogen and oxygen atoms in total. The highest BCUT2D eigenvalue weighted by Crippen LogP contribution is 2.34. The molecule has 0 amide bonds. The van der Waals surface area contributed by atoms with Gasteiger partial charge in [0.2, 0.25) is 14.9 Å². The highest BCUT2D eigenvalue weighted by molar-refractivity contribution is 7.91. The maximum absolute atomic E-state index is 13.4. The van der Waals surface area contributed by atoms with E-state index >= 15 is 0 Å². The number of nitrogens with one attached hydrogen (secondary N) is 1. The molecule has 3 aromatic carbocycles. The Morgan fingerprint density at radius 3 is 2.47 bits per heavy atom. The Kier molecular flexibility index (Phi) is 5.25. The van der Waals surface area contributed by atoms with Gasteiger partial charge in [-0.1, -0.05) is 17.3 Å². The number of aromatic nitrogens is 4. The quantitative estimate of drug-likeness (QED) is 0.364. The molecule has 0 bridgehead atoms. The fourth-order valence-corrected chi connectivity index (χ4v) is 4.81. The molecule has 0 aliphatic carbocycles. The monoisotopic (exact) mass is 479 g/mol. The molecular weight excluding hydrogens is 461 g/mol. The van der Waals surface area contributed by atoms with Gasteiger partial charge in [-0.2, -0.15) is 4.52 Å². The molecule has 0 aliphatic heterocycles. The van der Waals surface area contributed by atoms with Crippen LogP contribution in [0.2, 0.25) is 0 Å². The third-order valence-corrected chi connectivity index (χ3v) is 6.93. The lowest BCUT2D eigenvalue weighted by molar-refractivity contribution is 0.405. The van der Waals surface area contributed by atoms with Crippen LogP contribution >= 0.6 is 0 Å². The summed E-state index contributed by atoms with van der Waals surface area (Å²) in [5, 5.41) is 11.5. The number of fused-ring (bicyclic) bond motifs is 3. The second kappa shape index (κ2) is 8.27. The molecule has 0 unspecified atom stereocenters. The molecule has 0 spiro atoms. The molecule has 5 rings (SSSR count). The molecule has 1 N–H and O–H groups in total. The Balaban J connectivity index is 1.73. The summed E-state index contributed by atoms with van der Waals surface area (Å²) in [5.41, 5.74) is 1.18. The van der Waals surface area contributed by atoms with E-state index in [4.69, 9.17) is 9.47 Å². The lowest BCUT2D eigenvalue weighted by Gasteiger charge is -2.14. The van der Waals surface area contributed by atoms with E-state index in [1.165, 1.54) is 23.8 Å². The van der Waals surface area contributed by atoms with Gasteiger partial charge in [-0.3, -0.25) is 0 Å². The summed E-state index contributed by atoms with van der Waals surface area (Å²) in [6, 6.07) is 17.0. The summed E-state index contributed by atoms with van der Waals surface area (Å²) in [7, 11) is -1.03. The molecule has 11 heteroatoms. The van der Waals surface area contributed by atoms with Gasteiger partial charge in [0.1, 0.15) is 23.1 Å². The van der Waals surface area contributed by atoms with E-state index in [-0.39, 0.29) is 15.6 Å². The van der Waals surface area contributed by atoms with E-state index in [2.05, 4.69) is 20.6 Å². The van der Waals surface area contributed by atoms with E-state index in [1.54, 1.807) is 37.4 Å². The Bertz CT molecular complexity index is 1640. The zero-order valence-corrected chi connectivity index (χ0v) is 18.9. The number of benzene rings is 3. The summed E-state index contributed by atoms with van der Waals surface area (Å²) in [6.45, 7) is 0. The normalized spacial score (nSPS) is 11.6. The first-order chi connectivity index (χ1) is 16.4. The van der Waals surface area contributed by atoms with Crippen molar-refractivity contribution in [2.75, 3.05) is 19.5 Å². The van der Waals surface area contributed by atoms with E-state index < -0.39 is 15.7 Å². The van der Waals surface area contributed by atoms with Crippen molar-refractivity contribution in [1.82, 2.24) is 19.8 Å². The molecule has 0 fully saturated rings. The molecule has 0 aliphatic rings. The van der Waals surface area contributed by atoms with Crippen molar-refractivity contribution in [3.8, 4) is 11.5 Å². The number of sulfone groups is 1. The van der Waals surface area contributed by atoms with Crippen LogP contribution in [0.3, 0.4) is 0 Å². The fourth-order valence-electron chi connectivity index (χ4n) is 3.58. The van der Waals surface area contributed by atoms with Crippen LogP contribution in [-0.4, -0.2) is 42.4 Å². The molecule has 34 heavy (non-hydrogen) atoms. The lowest BCUT2D eigenvalue weighted by Crippen LogP contribution is -2.06. The van der Waals surface area contributed by atoms with Gasteiger partial charge < -0.3 is 14.8 Å². The topological polar surface area (TPSA) is 108 Å². The van der Waals surface area contributed by atoms with Crippen molar-refractivity contribution in [2.24, 2.45) is 0 Å². The number of hydrogen-bond acceptors (Lipinski definition) is 8. The number of anilines is 2. The van der Waals surface area contributed by atoms with E-state index in [0.29, 0.717) is 33.9 Å². The van der Waals surface area contributed by atoms with Crippen molar-refractivity contribution < 1.29 is 22.3 Å². The molecule has 0 radical (unpaired) electrons. The van der Waals surface area contributed by atoms with Crippen LogP contribution < -0.4 is 14.8 Å². The lowest BCUT2D eigenvalue weighted by atomic mass is 10.2. The van der Waals surface area contributed by atoms with Gasteiger partial charge in [0.25, 0.3) is 0 Å². The van der Waals surface area contributed by atoms with Gasteiger partial charge in [0, 0.05) is 11.5 Å². The molecule has 0 atom stereocenters. The Labute approximate surface area is 193 Å². The van der Waals surface area contributed by atoms with Crippen molar-refractivity contribution in [3.63, 3.8) is 0 Å². The van der Waals surface area contributed by atoms with Gasteiger partial charge >= 0.3 is 0 Å². The van der Waals surface area contributed by atoms with Gasteiger partial charge in [-0.15, -0.1) is 5.10 Å². The molecule has 2 heterocycles. The third kappa shape index (κ3) is 3.55. The summed E-state index contributed by atoms with van der Waals surface area (Å²) >= 11 is 0. The standard InChI is InChI=1S/C23H18FN5O4S/c1-32-15-9-12-20(33-2)18(13-15)25-21-17-5-3-4-6-19(17)29-22(26-21)23(27-28-29)34(30,31)16-10-7-14(24)8-11-16/h3-13H,1-2H3,(H,25,26). The predicted octanol–water partition coefficient (Wildman–Crippen LogP) is 4.01. The van der Waals surface area contributed by atoms with Crippen molar-refractivity contribution in [2.45, 2.75) is 9.92 Å². The van der Waals surface area contributed by atoms with Crippen LogP contribution in [0.1, 0.15) is 0 Å². The molecule has 0 saturated carbocycles. The number of ether oxygens (including phenoxy) is 2. The van der Waals surface area contributed by atoms with Crippen LogP contribution in [0.15, 0.2) is 76.7 Å². The Morgan fingerprint density at radius 2 is 1.74 bits per heavy atom. The first kappa shape index (κ1) is 21.6. The number of para-hydroxylation sites is 1. The van der Waals surface area contributed by atoms with Crippen LogP contribution in [0, 0.1) is 5.82 Å². The van der Waals surface area contributed by atoms with Gasteiger partial charge in [0.05, 0.1) is 30.3 Å². The molecular formula is C23H18FN5O4S. The van der Waals surface area contributed by atoms with E-state index in [0.717, 1.165) is 12.1 Å². The molecule has 2 aromatic heterocycles. The largest absolute Gasteiger partial charge is 0.497 e. The van der Waals surface area contributed by atoms with Gasteiger partial charge in [-0.05, 0) is 48.5 Å². The molecule has 172 valence electrons. The van der Waals surface area contributed by atoms with Crippen LogP contribution in [0.5, 0.6) is 11.5 Å². The Morgan fingerprint density at radius 1 is 0.971 bits per heavy atom. The summed E-state index contributed by atoms with van der Waals surface area (Å²) in [4.78, 5) is 4.46. The maximum atomic E-state index is 13.4. The zero-order chi connectivity index (χ0) is 23.9. The van der Waals surface area contributed by atoms with Crippen LogP contribution in [0.4, 0.5) is 15.9 Å². The number of halogens is 1. The second-order valence-electron chi connectivity index (χ2n) is 7.26. The van der Waals surface area contributed by atoms with E-state index in [9.17, 15) is 12.8 Å². The number of nitrogens with zero attached hydrogens (tertiary/aromatic N) is 4. The highest BCUT2D eigenvalue weighted by Gasteiger charge is 2.27. The van der Waals surface area contributed by atoms with Crippen LogP contribution in [-0.2, 0) is 9.84 Å². The SMILES string of the molecule is COc1ccc(OC)c(Nc2nc3c(S(=O)(=O)c4ccc(F)cc4)nnn3c3ccccc23)c1. The summed E-state index contributed by atoms with van der Waals surface area (Å²) in [6.07, 6.45) is 0. The summed E-state index contributed by atoms with van der Waals surface area (Å²) in [5.74, 6) is 0.957.